The fraction of sp³-hybridized carbons (Fsp3) is 0. The Morgan fingerprint density at radius 2 is 0.583 bits per heavy atom. The first-order valence-corrected chi connectivity index (χ1v) is 14.1. The molecule has 0 saturated heterocycles. The Kier molecular flexibility index (Phi) is 6.38. The molecule has 8 nitrogen and oxygen atoms in total. The zero-order valence-electron chi connectivity index (χ0n) is 17.2. The van der Waals surface area contributed by atoms with Crippen molar-refractivity contribution in [3.63, 3.8) is 0 Å². The average molecular weight is 932 g/mol. The van der Waals surface area contributed by atoms with Crippen LogP contribution in [0.2, 0.25) is 0 Å². The van der Waals surface area contributed by atoms with Crippen LogP contribution in [0.25, 0.3) is 43.1 Å². The van der Waals surface area contributed by atoms with Gasteiger partial charge in [0, 0.05) is 57.4 Å². The fourth-order valence-electron chi connectivity index (χ4n) is 4.79. The van der Waals surface area contributed by atoms with Gasteiger partial charge in [-0.1, -0.05) is 0 Å². The molecule has 0 aliphatic rings. The van der Waals surface area contributed by atoms with Gasteiger partial charge in [0.1, 0.15) is 0 Å². The molecule has 0 atom stereocenters. The third-order valence-corrected chi connectivity index (χ3v) is 9.44. The summed E-state index contributed by atoms with van der Waals surface area (Å²) < 4.78 is 2.06. The Balaban J connectivity index is 2.33. The molecule has 36 heavy (non-hydrogen) atoms. The summed E-state index contributed by atoms with van der Waals surface area (Å²) in [5.74, 6) is -5.12. The van der Waals surface area contributed by atoms with Crippen molar-refractivity contribution in [3.05, 3.63) is 60.8 Å². The molecule has 0 heterocycles. The second-order valence-electron chi connectivity index (χ2n) is 7.84. The van der Waals surface area contributed by atoms with Gasteiger partial charge in [-0.15, -0.1) is 0 Å². The van der Waals surface area contributed by atoms with Crippen molar-refractivity contribution < 1.29 is 39.6 Å². The quantitative estimate of drug-likeness (QED) is 0.0861. The maximum atomic E-state index is 12.2. The minimum atomic E-state index is -1.28. The van der Waals surface area contributed by atoms with E-state index in [2.05, 4.69) is 0 Å². The van der Waals surface area contributed by atoms with Crippen molar-refractivity contribution >= 4 is 157 Å². The Bertz CT molecular complexity index is 1630. The Labute approximate surface area is 254 Å². The normalized spacial score (nSPS) is 11.7. The summed E-state index contributed by atoms with van der Waals surface area (Å²) in [4.78, 5) is 48.9. The van der Waals surface area contributed by atoms with E-state index in [4.69, 9.17) is 0 Å². The summed E-state index contributed by atoms with van der Waals surface area (Å²) in [6.45, 7) is 0. The molecule has 0 aliphatic heterocycles. The van der Waals surface area contributed by atoms with E-state index in [-0.39, 0.29) is 33.0 Å². The van der Waals surface area contributed by atoms with Gasteiger partial charge in [0.2, 0.25) is 0 Å². The predicted molar refractivity (Wildman–Crippen MR) is 166 cm³/mol. The molecule has 0 bridgehead atoms. The molecule has 0 unspecified atom stereocenters. The molecule has 0 aliphatic carbocycles. The molecule has 0 fully saturated rings. The smallest absolute Gasteiger partial charge is 0.336 e. The van der Waals surface area contributed by atoms with Crippen LogP contribution in [0.15, 0.2) is 24.3 Å². The highest BCUT2D eigenvalue weighted by Crippen LogP contribution is 2.49. The van der Waals surface area contributed by atoms with Gasteiger partial charge in [-0.05, 0) is 115 Å². The van der Waals surface area contributed by atoms with Crippen LogP contribution in [0.3, 0.4) is 0 Å². The lowest BCUT2D eigenvalue weighted by Crippen LogP contribution is -2.10. The summed E-state index contributed by atoms with van der Waals surface area (Å²) in [6.07, 6.45) is 0. The molecule has 180 valence electrons. The number of carbonyl (C=O) groups is 4. The van der Waals surface area contributed by atoms with E-state index in [1.807, 2.05) is 90.4 Å². The summed E-state index contributed by atoms with van der Waals surface area (Å²) in [5, 5.41) is 43.1. The molecule has 0 saturated carbocycles. The van der Waals surface area contributed by atoms with Crippen LogP contribution in [-0.4, -0.2) is 44.3 Å². The lowest BCUT2D eigenvalue weighted by Gasteiger charge is -2.22. The van der Waals surface area contributed by atoms with Gasteiger partial charge in [0.05, 0.1) is 22.3 Å². The summed E-state index contributed by atoms with van der Waals surface area (Å²) in [6, 6.07) is 5.59. The maximum Gasteiger partial charge on any atom is 0.336 e. The van der Waals surface area contributed by atoms with Crippen LogP contribution >= 0.6 is 90.4 Å². The lowest BCUT2D eigenvalue weighted by molar-refractivity contribution is 0.0681. The largest absolute Gasteiger partial charge is 0.478 e. The van der Waals surface area contributed by atoms with E-state index in [9.17, 15) is 39.6 Å². The van der Waals surface area contributed by atoms with Gasteiger partial charge in [-0.3, -0.25) is 0 Å². The van der Waals surface area contributed by atoms with Crippen LogP contribution in [0.5, 0.6) is 0 Å². The number of benzene rings is 5. The van der Waals surface area contributed by atoms with Gasteiger partial charge >= 0.3 is 23.9 Å². The van der Waals surface area contributed by atoms with Crippen LogP contribution in [0.1, 0.15) is 41.4 Å². The van der Waals surface area contributed by atoms with Crippen molar-refractivity contribution in [2.75, 3.05) is 0 Å². The zero-order chi connectivity index (χ0) is 26.4. The number of fused-ring (bicyclic) bond motifs is 2. The van der Waals surface area contributed by atoms with Gasteiger partial charge in [-0.25, -0.2) is 19.2 Å². The number of hydrogen-bond donors (Lipinski definition) is 4. The molecule has 5 rings (SSSR count). The second-order valence-corrected chi connectivity index (χ2v) is 12.5. The van der Waals surface area contributed by atoms with Crippen molar-refractivity contribution in [2.45, 2.75) is 0 Å². The molecule has 0 aromatic heterocycles. The number of halogens is 4. The third-order valence-electron chi connectivity index (χ3n) is 6.04. The van der Waals surface area contributed by atoms with E-state index in [1.165, 1.54) is 24.3 Å². The molecule has 5 aromatic rings. The number of carboxylic acid groups (broad SMARTS) is 4. The number of aromatic carboxylic acids is 4. The van der Waals surface area contributed by atoms with Crippen LogP contribution in [0, 0.1) is 14.3 Å². The minimum absolute atomic E-state index is 0.0656. The monoisotopic (exact) mass is 932 g/mol. The molecule has 0 amide bonds. The highest BCUT2D eigenvalue weighted by Gasteiger charge is 2.30. The van der Waals surface area contributed by atoms with Crippen LogP contribution in [0.4, 0.5) is 0 Å². The Morgan fingerprint density at radius 3 is 0.750 bits per heavy atom. The second kappa shape index (κ2) is 8.90. The van der Waals surface area contributed by atoms with Crippen LogP contribution in [-0.2, 0) is 0 Å². The number of rotatable bonds is 4. The predicted octanol–water partition coefficient (Wildman–Crippen LogP) is 6.95. The number of carboxylic acids is 4. The summed E-state index contributed by atoms with van der Waals surface area (Å²) >= 11 is 7.94. The highest BCUT2D eigenvalue weighted by molar-refractivity contribution is 14.1. The lowest BCUT2D eigenvalue weighted by atomic mass is 9.84. The first kappa shape index (κ1) is 25.8. The molecule has 0 radical (unpaired) electrons. The first-order valence-electron chi connectivity index (χ1n) is 9.78. The molecular weight excluding hydrogens is 924 g/mol. The van der Waals surface area contributed by atoms with E-state index in [0.29, 0.717) is 46.6 Å². The molecular formula is C24H8I4O8. The van der Waals surface area contributed by atoms with Gasteiger partial charge in [0.15, 0.2) is 0 Å². The Morgan fingerprint density at radius 1 is 0.389 bits per heavy atom. The van der Waals surface area contributed by atoms with Crippen molar-refractivity contribution in [1.29, 1.82) is 0 Å². The SMILES string of the molecule is O=C(O)c1cc(I)c2c3c(I)cc(C(=O)O)c4c(C(=O)O)cc(I)c(c5c(I)cc(C(=O)O)c1c25)c43. The molecule has 12 heteroatoms. The summed E-state index contributed by atoms with van der Waals surface area (Å²) in [5.41, 5.74) is -0.658. The summed E-state index contributed by atoms with van der Waals surface area (Å²) in [7, 11) is 0. The van der Waals surface area contributed by atoms with Crippen molar-refractivity contribution in [1.82, 2.24) is 0 Å². The van der Waals surface area contributed by atoms with Gasteiger partial charge in [-0.2, -0.15) is 0 Å². The van der Waals surface area contributed by atoms with Crippen molar-refractivity contribution in [2.24, 2.45) is 0 Å². The van der Waals surface area contributed by atoms with E-state index < -0.39 is 23.9 Å². The zero-order valence-corrected chi connectivity index (χ0v) is 25.9. The topological polar surface area (TPSA) is 149 Å². The minimum Gasteiger partial charge on any atom is -0.478 e. The first-order chi connectivity index (χ1) is 16.9. The maximum absolute atomic E-state index is 12.2. The molecule has 4 N–H and O–H groups in total. The molecule has 5 aromatic carbocycles. The van der Waals surface area contributed by atoms with Crippen LogP contribution < -0.4 is 0 Å². The van der Waals surface area contributed by atoms with Gasteiger partial charge in [0.25, 0.3) is 0 Å². The van der Waals surface area contributed by atoms with Gasteiger partial charge < -0.3 is 20.4 Å². The standard InChI is InChI=1S/C24H8I4O8/c25-9-1-5(21(29)30)13-6(22(31)32)2-11(27)17-18-12(28)4-8(24(35)36)14-7(23(33)34)3-10(26)16(20(14)18)15(9)19(13)17/h1-4H,(H,29,30)(H,31,32)(H,33,34)(H,35,36). The van der Waals surface area contributed by atoms with Crippen molar-refractivity contribution in [3.8, 4) is 0 Å². The average Bonchev–Trinajstić information content (AvgIpc) is 2.79. The molecule has 0 spiro atoms. The fourth-order valence-corrected chi connectivity index (χ4v) is 8.20. The van der Waals surface area contributed by atoms with E-state index in [0.717, 1.165) is 0 Å². The number of hydrogen-bond acceptors (Lipinski definition) is 4. The Hall–Kier alpha value is -1.80. The highest BCUT2D eigenvalue weighted by atomic mass is 127. The van der Waals surface area contributed by atoms with E-state index >= 15 is 0 Å². The van der Waals surface area contributed by atoms with E-state index in [1.54, 1.807) is 0 Å². The third kappa shape index (κ3) is 3.53.